The molecule has 4 aromatic heterocycles. The maximum absolute atomic E-state index is 6.59. The molecule has 14 aromatic rings. The van der Waals surface area contributed by atoms with E-state index in [9.17, 15) is 0 Å². The average Bonchev–Trinajstić information content (AvgIpc) is 4.08. The van der Waals surface area contributed by atoms with Crippen molar-refractivity contribution >= 4 is 65.6 Å². The van der Waals surface area contributed by atoms with Crippen LogP contribution in [0.2, 0.25) is 0 Å². The van der Waals surface area contributed by atoms with E-state index in [0.29, 0.717) is 0 Å². The van der Waals surface area contributed by atoms with Crippen LogP contribution in [-0.2, 0) is 0 Å². The summed E-state index contributed by atoms with van der Waals surface area (Å²) in [6.45, 7) is 0. The summed E-state index contributed by atoms with van der Waals surface area (Å²) in [4.78, 5) is 5.47. The molecule has 0 N–H and O–H groups in total. The normalized spacial score (nSPS) is 11.8. The molecule has 14 rings (SSSR count). The van der Waals surface area contributed by atoms with Gasteiger partial charge in [-0.3, -0.25) is 4.57 Å². The Morgan fingerprint density at radius 3 is 1.68 bits per heavy atom. The van der Waals surface area contributed by atoms with E-state index in [1.54, 1.807) is 0 Å². The van der Waals surface area contributed by atoms with Gasteiger partial charge in [0.25, 0.3) is 0 Å². The summed E-state index contributed by atoms with van der Waals surface area (Å²) in [5.74, 6) is 0.853. The van der Waals surface area contributed by atoms with Crippen LogP contribution in [0.25, 0.3) is 133 Å². The fourth-order valence-electron chi connectivity index (χ4n) is 10.6. The Kier molecular flexibility index (Phi) is 8.86. The lowest BCUT2D eigenvalue weighted by Gasteiger charge is -2.12. The van der Waals surface area contributed by atoms with Gasteiger partial charge in [0.1, 0.15) is 17.0 Å². The van der Waals surface area contributed by atoms with Gasteiger partial charge in [0.15, 0.2) is 0 Å². The van der Waals surface area contributed by atoms with Gasteiger partial charge < -0.3 is 8.98 Å². The molecule has 0 unspecified atom stereocenters. The molecule has 0 atom stereocenters. The molecule has 4 heteroatoms. The second-order valence-corrected chi connectivity index (χ2v) is 17.9. The average molecular weight is 880 g/mol. The second kappa shape index (κ2) is 15.7. The second-order valence-electron chi connectivity index (χ2n) is 17.9. The lowest BCUT2D eigenvalue weighted by Crippen LogP contribution is -1.99. The van der Waals surface area contributed by atoms with Crippen LogP contribution in [0.1, 0.15) is 0 Å². The minimum absolute atomic E-state index is 0.853. The number of hydrogen-bond donors (Lipinski definition) is 0. The number of furan rings is 1. The fourth-order valence-corrected chi connectivity index (χ4v) is 10.6. The monoisotopic (exact) mass is 879 g/mol. The lowest BCUT2D eigenvalue weighted by molar-refractivity contribution is 0.670. The zero-order valence-electron chi connectivity index (χ0n) is 37.4. The number of para-hydroxylation sites is 4. The highest BCUT2D eigenvalue weighted by Crippen LogP contribution is 2.42. The Morgan fingerprint density at radius 1 is 0.290 bits per heavy atom. The van der Waals surface area contributed by atoms with E-state index in [1.165, 1.54) is 38.5 Å². The van der Waals surface area contributed by atoms with Crippen LogP contribution < -0.4 is 0 Å². The number of pyridine rings is 1. The first-order valence-corrected chi connectivity index (χ1v) is 23.5. The topological polar surface area (TPSA) is 35.9 Å². The molecule has 4 heterocycles. The molecule has 0 aliphatic rings. The van der Waals surface area contributed by atoms with Crippen molar-refractivity contribution < 1.29 is 4.42 Å². The van der Waals surface area contributed by atoms with Crippen molar-refractivity contribution in [2.45, 2.75) is 0 Å². The molecule has 0 bridgehead atoms. The Labute approximate surface area is 398 Å². The fraction of sp³-hybridized carbons (Fsp3) is 0. The highest BCUT2D eigenvalue weighted by molar-refractivity contribution is 6.14. The first-order valence-electron chi connectivity index (χ1n) is 23.5. The van der Waals surface area contributed by atoms with Crippen molar-refractivity contribution in [2.75, 3.05) is 0 Å². The van der Waals surface area contributed by atoms with Gasteiger partial charge >= 0.3 is 0 Å². The van der Waals surface area contributed by atoms with Crippen LogP contribution in [-0.4, -0.2) is 14.1 Å². The van der Waals surface area contributed by atoms with E-state index in [2.05, 4.69) is 246 Å². The third kappa shape index (κ3) is 6.41. The van der Waals surface area contributed by atoms with Gasteiger partial charge in [0.2, 0.25) is 0 Å². The largest absolute Gasteiger partial charge is 0.455 e. The van der Waals surface area contributed by atoms with Crippen molar-refractivity contribution in [1.29, 1.82) is 0 Å². The smallest absolute Gasteiger partial charge is 0.143 e. The standard InChI is InChI=1S/C65H41N3O/c1-3-14-42(15-4-1)43-28-30-44(31-29-43)45-16-11-17-49(38-45)58-24-13-27-64(66-58)68-60-37-34-46(47-32-35-53-52-20-7-9-25-59(52)67(61(53)40-47)50-18-5-2-6-19-50)39-57(60)54-36-33-48(41-62(54)68)51-22-12-23-56-55-21-8-10-26-63(55)69-65(51)56/h1-41H. The molecule has 0 aliphatic carbocycles. The first kappa shape index (κ1) is 39.0. The number of benzene rings is 10. The molecule has 0 amide bonds. The number of aromatic nitrogens is 3. The molecule has 0 radical (unpaired) electrons. The van der Waals surface area contributed by atoms with Gasteiger partial charge in [0.05, 0.1) is 27.8 Å². The van der Waals surface area contributed by atoms with E-state index >= 15 is 0 Å². The van der Waals surface area contributed by atoms with E-state index in [1.807, 2.05) is 12.1 Å². The van der Waals surface area contributed by atoms with Crippen molar-refractivity contribution in [1.82, 2.24) is 14.1 Å². The molecular formula is C65H41N3O. The van der Waals surface area contributed by atoms with Crippen molar-refractivity contribution in [2.24, 2.45) is 0 Å². The predicted octanol–water partition coefficient (Wildman–Crippen LogP) is 17.5. The number of hydrogen-bond acceptors (Lipinski definition) is 2. The van der Waals surface area contributed by atoms with Crippen LogP contribution in [0, 0.1) is 0 Å². The van der Waals surface area contributed by atoms with Crippen LogP contribution in [0.15, 0.2) is 253 Å². The summed E-state index contributed by atoms with van der Waals surface area (Å²) < 4.78 is 11.3. The van der Waals surface area contributed by atoms with Crippen LogP contribution in [0.5, 0.6) is 0 Å². The highest BCUT2D eigenvalue weighted by atomic mass is 16.3. The first-order chi connectivity index (χ1) is 34.2. The molecule has 4 nitrogen and oxygen atoms in total. The summed E-state index contributed by atoms with van der Waals surface area (Å²) in [6, 6.07) is 89.2. The molecule has 0 spiro atoms. The van der Waals surface area contributed by atoms with Gasteiger partial charge in [-0.2, -0.15) is 0 Å². The van der Waals surface area contributed by atoms with Gasteiger partial charge in [0, 0.05) is 49.1 Å². The van der Waals surface area contributed by atoms with Crippen molar-refractivity contribution in [3.05, 3.63) is 249 Å². The molecule has 322 valence electrons. The zero-order valence-corrected chi connectivity index (χ0v) is 37.4. The van der Waals surface area contributed by atoms with E-state index in [4.69, 9.17) is 9.40 Å². The zero-order chi connectivity index (χ0) is 45.4. The van der Waals surface area contributed by atoms with Gasteiger partial charge in [-0.15, -0.1) is 0 Å². The number of fused-ring (bicyclic) bond motifs is 9. The Balaban J connectivity index is 0.930. The maximum Gasteiger partial charge on any atom is 0.143 e. The van der Waals surface area contributed by atoms with Crippen molar-refractivity contribution in [3.63, 3.8) is 0 Å². The third-order valence-corrected chi connectivity index (χ3v) is 14.0. The number of nitrogens with zero attached hydrogens (tertiary/aromatic N) is 3. The van der Waals surface area contributed by atoms with Gasteiger partial charge in [-0.1, -0.05) is 182 Å². The molecule has 69 heavy (non-hydrogen) atoms. The maximum atomic E-state index is 6.59. The van der Waals surface area contributed by atoms with E-state index in [0.717, 1.165) is 94.3 Å². The minimum Gasteiger partial charge on any atom is -0.455 e. The molecule has 10 aromatic carbocycles. The quantitative estimate of drug-likeness (QED) is 0.160. The molecule has 0 saturated heterocycles. The summed E-state index contributed by atoms with van der Waals surface area (Å²) in [7, 11) is 0. The SMILES string of the molecule is c1ccc(-c2ccc(-c3cccc(-c4cccc(-n5c6ccc(-c7ccc8c9ccccc9n(-c9ccccc9)c8c7)cc6c6ccc(-c7cccc8c7oc7ccccc78)cc65)n4)c3)cc2)cc1. The minimum atomic E-state index is 0.853. The Bertz CT molecular complexity index is 4290. The summed E-state index contributed by atoms with van der Waals surface area (Å²) in [6.07, 6.45) is 0. The van der Waals surface area contributed by atoms with Gasteiger partial charge in [-0.25, -0.2) is 4.98 Å². The predicted molar refractivity (Wildman–Crippen MR) is 287 cm³/mol. The van der Waals surface area contributed by atoms with Gasteiger partial charge in [-0.05, 0) is 106 Å². The Morgan fingerprint density at radius 2 is 0.826 bits per heavy atom. The summed E-state index contributed by atoms with van der Waals surface area (Å²) in [5, 5.41) is 7.02. The van der Waals surface area contributed by atoms with E-state index < -0.39 is 0 Å². The highest BCUT2D eigenvalue weighted by Gasteiger charge is 2.20. The summed E-state index contributed by atoms with van der Waals surface area (Å²) >= 11 is 0. The summed E-state index contributed by atoms with van der Waals surface area (Å²) in [5.41, 5.74) is 18.6. The third-order valence-electron chi connectivity index (χ3n) is 14.0. The van der Waals surface area contributed by atoms with E-state index in [-0.39, 0.29) is 0 Å². The molecule has 0 fully saturated rings. The Hall–Kier alpha value is -9.25. The van der Waals surface area contributed by atoms with Crippen molar-refractivity contribution in [3.8, 4) is 67.3 Å². The molecule has 0 saturated carbocycles. The van der Waals surface area contributed by atoms with Crippen LogP contribution in [0.3, 0.4) is 0 Å². The number of rotatable bonds is 7. The molecule has 0 aliphatic heterocycles. The van der Waals surface area contributed by atoms with Crippen LogP contribution in [0.4, 0.5) is 0 Å². The van der Waals surface area contributed by atoms with Crippen LogP contribution >= 0.6 is 0 Å². The lowest BCUT2D eigenvalue weighted by atomic mass is 9.98. The molecular weight excluding hydrogens is 839 g/mol.